The highest BCUT2D eigenvalue weighted by molar-refractivity contribution is 5.98. The van der Waals surface area contributed by atoms with Crippen LogP contribution in [0.4, 0.5) is 0 Å². The van der Waals surface area contributed by atoms with Gasteiger partial charge in [-0.1, -0.05) is 24.3 Å². The van der Waals surface area contributed by atoms with Crippen LogP contribution in [0.3, 0.4) is 0 Å². The van der Waals surface area contributed by atoms with Crippen LogP contribution in [-0.4, -0.2) is 101 Å². The Labute approximate surface area is 322 Å². The van der Waals surface area contributed by atoms with E-state index in [1.54, 1.807) is 39.0 Å². The Morgan fingerprint density at radius 3 is 2.42 bits per heavy atom. The lowest BCUT2D eigenvalue weighted by atomic mass is 9.88. The fourth-order valence-corrected chi connectivity index (χ4v) is 8.23. The molecular weight excluding hydrogens is 708 g/mol. The summed E-state index contributed by atoms with van der Waals surface area (Å²) in [5.74, 6) is -2.28. The van der Waals surface area contributed by atoms with Gasteiger partial charge in [0.05, 0.1) is 36.5 Å². The molecule has 1 aromatic rings. The fourth-order valence-electron chi connectivity index (χ4n) is 8.23. The third-order valence-electron chi connectivity index (χ3n) is 11.4. The Morgan fingerprint density at radius 2 is 1.76 bits per heavy atom. The number of allylic oxidation sites excluding steroid dienone is 1. The summed E-state index contributed by atoms with van der Waals surface area (Å²) in [5.41, 5.74) is 0.812. The quantitative estimate of drug-likeness (QED) is 0.150. The molecule has 6 aliphatic rings. The molecule has 0 aromatic heterocycles. The fraction of sp³-hybridized carbons (Fsp3) is 0.667. The lowest BCUT2D eigenvalue weighted by Crippen LogP contribution is -2.55. The molecule has 7 rings (SSSR count). The van der Waals surface area contributed by atoms with E-state index in [1.807, 2.05) is 18.2 Å². The number of aliphatic hydroxyl groups is 2. The summed E-state index contributed by atoms with van der Waals surface area (Å²) >= 11 is 0. The summed E-state index contributed by atoms with van der Waals surface area (Å²) in [6, 6.07) is 5.06. The van der Waals surface area contributed by atoms with E-state index in [-0.39, 0.29) is 36.7 Å². The Hall–Kier alpha value is -3.62. The van der Waals surface area contributed by atoms with Crippen LogP contribution < -0.4 is 10.6 Å². The van der Waals surface area contributed by atoms with Crippen molar-refractivity contribution in [2.45, 2.75) is 152 Å². The van der Waals surface area contributed by atoms with E-state index in [1.165, 1.54) is 6.92 Å². The number of amides is 2. The van der Waals surface area contributed by atoms with Gasteiger partial charge in [-0.3, -0.25) is 14.4 Å². The van der Waals surface area contributed by atoms with Crippen LogP contribution in [0.15, 0.2) is 42.0 Å². The highest BCUT2D eigenvalue weighted by Gasteiger charge is 2.64. The number of fused-ring (bicyclic) bond motifs is 2. The summed E-state index contributed by atoms with van der Waals surface area (Å²) in [6.07, 6.45) is 10.4. The van der Waals surface area contributed by atoms with E-state index < -0.39 is 78.2 Å². The Bertz CT molecular complexity index is 1660. The second-order valence-electron chi connectivity index (χ2n) is 17.3. The van der Waals surface area contributed by atoms with Crippen LogP contribution in [0.2, 0.25) is 0 Å². The van der Waals surface area contributed by atoms with Gasteiger partial charge in [0.1, 0.15) is 30.0 Å². The first kappa shape index (κ1) is 39.6. The van der Waals surface area contributed by atoms with Crippen LogP contribution >= 0.6 is 0 Å². The number of carbonyl (C=O) groups is 4. The molecular formula is C42H56N2O11. The Kier molecular flexibility index (Phi) is 11.6. The average molecular weight is 765 g/mol. The summed E-state index contributed by atoms with van der Waals surface area (Å²) < 4.78 is 30.6. The molecule has 2 heterocycles. The number of aliphatic hydroxyl groups excluding tert-OH is 2. The third kappa shape index (κ3) is 9.68. The monoisotopic (exact) mass is 764 g/mol. The molecule has 4 N–H and O–H groups in total. The molecule has 1 aromatic carbocycles. The van der Waals surface area contributed by atoms with Gasteiger partial charge in [0, 0.05) is 30.3 Å². The van der Waals surface area contributed by atoms with Crippen molar-refractivity contribution in [3.8, 4) is 0 Å². The van der Waals surface area contributed by atoms with Crippen LogP contribution in [0.1, 0.15) is 108 Å². The van der Waals surface area contributed by atoms with E-state index in [2.05, 4.69) is 16.7 Å². The summed E-state index contributed by atoms with van der Waals surface area (Å²) in [6.45, 7) is 6.15. The topological polar surface area (TPSA) is 182 Å². The third-order valence-corrected chi connectivity index (χ3v) is 11.4. The molecule has 3 saturated carbocycles. The number of hydrogen-bond donors (Lipinski definition) is 4. The standard InChI is InChI=1S/C42H56N2O11/c1-23(46)36(39(49)43-30(22-45)15-17-35(47)54-41(2,3)4)44-38(48)27-20-33(37-34(21-27)53-42(55-37,28-11-12-28)29-13-14-29)52-40(50)26-7-5-6-24(18-26)8-9-25-10-16-31-32(19-25)51-31/h5-9,18,21,23,25,28-34,36-37,45-46H,10-17,19-20,22H2,1-4H3,(H,43,49)(H,44,48)/t23-,25?,30-,31?,32?,33+,34+,36+,37-/m0/s1. The molecule has 2 aliphatic heterocycles. The zero-order chi connectivity index (χ0) is 39.1. The normalized spacial score (nSPS) is 29.9. The van der Waals surface area contributed by atoms with Gasteiger partial charge in [-0.2, -0.15) is 0 Å². The van der Waals surface area contributed by atoms with Gasteiger partial charge >= 0.3 is 11.9 Å². The van der Waals surface area contributed by atoms with Gasteiger partial charge in [-0.15, -0.1) is 0 Å². The first-order valence-corrected chi connectivity index (χ1v) is 20.0. The number of epoxide rings is 1. The number of hydrogen-bond acceptors (Lipinski definition) is 11. The molecule has 5 fully saturated rings. The van der Waals surface area contributed by atoms with Gasteiger partial charge in [-0.25, -0.2) is 4.79 Å². The highest BCUT2D eigenvalue weighted by atomic mass is 16.8. The molecule has 13 heteroatoms. The van der Waals surface area contributed by atoms with Gasteiger partial charge in [0.2, 0.25) is 11.8 Å². The predicted molar refractivity (Wildman–Crippen MR) is 199 cm³/mol. The number of benzene rings is 1. The molecule has 300 valence electrons. The largest absolute Gasteiger partial charge is 0.460 e. The Morgan fingerprint density at radius 1 is 1.02 bits per heavy atom. The number of nitrogens with one attached hydrogen (secondary N) is 2. The smallest absolute Gasteiger partial charge is 0.338 e. The molecule has 4 aliphatic carbocycles. The van der Waals surface area contributed by atoms with Gasteiger partial charge in [-0.05, 0) is 109 Å². The van der Waals surface area contributed by atoms with E-state index in [4.69, 9.17) is 23.7 Å². The maximum atomic E-state index is 13.9. The molecule has 13 nitrogen and oxygen atoms in total. The van der Waals surface area contributed by atoms with Crippen molar-refractivity contribution in [2.24, 2.45) is 17.8 Å². The highest BCUT2D eigenvalue weighted by Crippen LogP contribution is 2.59. The SMILES string of the molecule is C[C@H](O)[C@@H](NC(=O)C1=C[C@H]2OC(C3CC3)(C3CC3)O[C@H]2[C@H](OC(=O)c2cccc(C=CC3CCC4OC4C3)c2)C1)C(=O)N[C@H](CO)CCC(=O)OC(C)(C)C. The molecule has 2 amide bonds. The van der Waals surface area contributed by atoms with Crippen molar-refractivity contribution < 1.29 is 53.1 Å². The van der Waals surface area contributed by atoms with Crippen molar-refractivity contribution in [1.82, 2.24) is 10.6 Å². The van der Waals surface area contributed by atoms with E-state index in [0.29, 0.717) is 23.7 Å². The minimum atomic E-state index is -1.39. The summed E-state index contributed by atoms with van der Waals surface area (Å²) in [7, 11) is 0. The van der Waals surface area contributed by atoms with Gasteiger partial charge in [0.25, 0.3) is 0 Å². The van der Waals surface area contributed by atoms with E-state index in [0.717, 1.165) is 50.5 Å². The lowest BCUT2D eigenvalue weighted by molar-refractivity contribution is -0.209. The first-order valence-electron chi connectivity index (χ1n) is 20.0. The van der Waals surface area contributed by atoms with Crippen molar-refractivity contribution in [2.75, 3.05) is 6.61 Å². The summed E-state index contributed by atoms with van der Waals surface area (Å²) in [4.78, 5) is 53.3. The lowest BCUT2D eigenvalue weighted by Gasteiger charge is -2.31. The van der Waals surface area contributed by atoms with Crippen molar-refractivity contribution in [1.29, 1.82) is 0 Å². The van der Waals surface area contributed by atoms with Gasteiger partial charge < -0.3 is 44.5 Å². The zero-order valence-corrected chi connectivity index (χ0v) is 32.2. The number of carbonyl (C=O) groups excluding carboxylic acids is 4. The molecule has 2 saturated heterocycles. The maximum Gasteiger partial charge on any atom is 0.338 e. The molecule has 0 radical (unpaired) electrons. The molecule has 3 unspecified atom stereocenters. The van der Waals surface area contributed by atoms with Crippen molar-refractivity contribution >= 4 is 29.8 Å². The van der Waals surface area contributed by atoms with Crippen molar-refractivity contribution in [3.63, 3.8) is 0 Å². The second kappa shape index (κ2) is 16.1. The second-order valence-corrected chi connectivity index (χ2v) is 17.3. The maximum absolute atomic E-state index is 13.9. The minimum Gasteiger partial charge on any atom is -0.460 e. The van der Waals surface area contributed by atoms with Crippen LogP contribution in [0, 0.1) is 17.8 Å². The number of rotatable bonds is 15. The molecule has 55 heavy (non-hydrogen) atoms. The van der Waals surface area contributed by atoms with Crippen LogP contribution in [-0.2, 0) is 38.1 Å². The average Bonchev–Trinajstić information content (AvgIpc) is 4.01. The van der Waals surface area contributed by atoms with Crippen LogP contribution in [0.5, 0.6) is 0 Å². The van der Waals surface area contributed by atoms with E-state index >= 15 is 0 Å². The van der Waals surface area contributed by atoms with Gasteiger partial charge in [0.15, 0.2) is 5.79 Å². The zero-order valence-electron chi connectivity index (χ0n) is 32.2. The number of ether oxygens (including phenoxy) is 5. The Balaban J connectivity index is 1.03. The molecule has 0 bridgehead atoms. The first-order chi connectivity index (χ1) is 26.2. The van der Waals surface area contributed by atoms with Crippen LogP contribution in [0.25, 0.3) is 6.08 Å². The minimum absolute atomic E-state index is 0.00230. The molecule has 0 spiro atoms. The molecule has 9 atom stereocenters. The van der Waals surface area contributed by atoms with E-state index in [9.17, 15) is 29.4 Å². The predicted octanol–water partition coefficient (Wildman–Crippen LogP) is 3.89. The van der Waals surface area contributed by atoms with Crippen molar-refractivity contribution in [3.05, 3.63) is 53.1 Å². The summed E-state index contributed by atoms with van der Waals surface area (Å²) in [5, 5.41) is 25.8. The number of esters is 2.